The van der Waals surface area contributed by atoms with Crippen LogP contribution in [0.1, 0.15) is 12.5 Å². The van der Waals surface area contributed by atoms with Crippen molar-refractivity contribution in [1.29, 1.82) is 0 Å². The fourth-order valence-electron chi connectivity index (χ4n) is 1.29. The Kier molecular flexibility index (Phi) is 1.54. The monoisotopic (exact) mass is 153 g/mol. The van der Waals surface area contributed by atoms with E-state index in [1.165, 1.54) is 0 Å². The number of anilines is 1. The van der Waals surface area contributed by atoms with Gasteiger partial charge in [0.2, 0.25) is 0 Å². The molecule has 11 heavy (non-hydrogen) atoms. The Balaban J connectivity index is 2.15. The second-order valence-electron chi connectivity index (χ2n) is 2.74. The number of hydrogen-bond acceptors (Lipinski definition) is 3. The molecule has 1 unspecified atom stereocenters. The Morgan fingerprint density at radius 3 is 3.18 bits per heavy atom. The molecule has 1 aliphatic heterocycles. The Morgan fingerprint density at radius 2 is 2.64 bits per heavy atom. The van der Waals surface area contributed by atoms with E-state index >= 15 is 0 Å². The van der Waals surface area contributed by atoms with Crippen molar-refractivity contribution in [2.45, 2.75) is 12.5 Å². The highest BCUT2D eigenvalue weighted by atomic mass is 16.5. The topological polar surface area (TPSA) is 53.1 Å². The van der Waals surface area contributed by atoms with Gasteiger partial charge >= 0.3 is 0 Å². The molecule has 1 aromatic rings. The summed E-state index contributed by atoms with van der Waals surface area (Å²) < 4.78 is 7.10. The normalized spacial score (nSPS) is 24.2. The summed E-state index contributed by atoms with van der Waals surface area (Å²) in [4.78, 5) is 0. The maximum absolute atomic E-state index is 5.47. The quantitative estimate of drug-likeness (QED) is 0.636. The second-order valence-corrected chi connectivity index (χ2v) is 2.74. The van der Waals surface area contributed by atoms with E-state index in [4.69, 9.17) is 10.5 Å². The first-order chi connectivity index (χ1) is 5.36. The summed E-state index contributed by atoms with van der Waals surface area (Å²) in [5, 5.41) is 4.11. The zero-order valence-corrected chi connectivity index (χ0v) is 6.23. The lowest BCUT2D eigenvalue weighted by Gasteiger charge is -2.06. The van der Waals surface area contributed by atoms with Crippen LogP contribution in [0.15, 0.2) is 12.3 Å². The molecule has 0 radical (unpaired) electrons. The van der Waals surface area contributed by atoms with Crippen molar-refractivity contribution in [3.05, 3.63) is 12.3 Å². The van der Waals surface area contributed by atoms with Gasteiger partial charge in [0.15, 0.2) is 0 Å². The minimum absolute atomic E-state index is 0.396. The van der Waals surface area contributed by atoms with Crippen molar-refractivity contribution in [3.63, 3.8) is 0 Å². The van der Waals surface area contributed by atoms with Crippen LogP contribution in [0.2, 0.25) is 0 Å². The molecular formula is C7H11N3O. The second kappa shape index (κ2) is 2.54. The van der Waals surface area contributed by atoms with Crippen molar-refractivity contribution >= 4 is 5.82 Å². The minimum Gasteiger partial charge on any atom is -0.382 e. The molecule has 0 amide bonds. The first-order valence-corrected chi connectivity index (χ1v) is 3.74. The van der Waals surface area contributed by atoms with Gasteiger partial charge in [-0.1, -0.05) is 0 Å². The van der Waals surface area contributed by atoms with E-state index in [1.807, 2.05) is 10.9 Å². The maximum Gasteiger partial charge on any atom is 0.145 e. The highest BCUT2D eigenvalue weighted by Gasteiger charge is 2.17. The van der Waals surface area contributed by atoms with Crippen LogP contribution in [-0.4, -0.2) is 23.0 Å². The summed E-state index contributed by atoms with van der Waals surface area (Å²) in [6, 6.07) is 2.20. The van der Waals surface area contributed by atoms with Gasteiger partial charge in [-0.2, -0.15) is 5.10 Å². The van der Waals surface area contributed by atoms with E-state index in [-0.39, 0.29) is 0 Å². The van der Waals surface area contributed by atoms with Crippen molar-refractivity contribution in [1.82, 2.24) is 9.78 Å². The highest BCUT2D eigenvalue weighted by Crippen LogP contribution is 2.17. The van der Waals surface area contributed by atoms with Crippen LogP contribution in [0.25, 0.3) is 0 Å². The van der Waals surface area contributed by atoms with Gasteiger partial charge in [0.05, 0.1) is 12.6 Å². The van der Waals surface area contributed by atoms with Crippen molar-refractivity contribution in [3.8, 4) is 0 Å². The molecule has 2 heterocycles. The lowest BCUT2D eigenvalue weighted by molar-refractivity contribution is 0.184. The summed E-state index contributed by atoms with van der Waals surface area (Å²) in [5.41, 5.74) is 5.47. The lowest BCUT2D eigenvalue weighted by Crippen LogP contribution is -2.09. The van der Waals surface area contributed by atoms with Crippen molar-refractivity contribution in [2.75, 3.05) is 18.9 Å². The van der Waals surface area contributed by atoms with E-state index in [9.17, 15) is 0 Å². The molecule has 4 nitrogen and oxygen atoms in total. The average Bonchev–Trinajstić information content (AvgIpc) is 2.55. The van der Waals surface area contributed by atoms with Gasteiger partial charge in [-0.25, -0.2) is 0 Å². The van der Waals surface area contributed by atoms with Crippen LogP contribution in [-0.2, 0) is 4.74 Å². The third-order valence-electron chi connectivity index (χ3n) is 1.91. The van der Waals surface area contributed by atoms with Crippen LogP contribution in [0.3, 0.4) is 0 Å². The standard InChI is InChI=1S/C7H11N3O/c8-7-1-3-10(9-7)6-2-4-11-5-6/h1,3,6H,2,4-5H2,(H2,8,9). The fraction of sp³-hybridized carbons (Fsp3) is 0.571. The van der Waals surface area contributed by atoms with Gasteiger partial charge in [0, 0.05) is 12.8 Å². The van der Waals surface area contributed by atoms with Gasteiger partial charge in [-0.15, -0.1) is 0 Å². The third kappa shape index (κ3) is 1.21. The molecule has 0 aromatic carbocycles. The lowest BCUT2D eigenvalue weighted by atomic mass is 10.3. The van der Waals surface area contributed by atoms with Crippen LogP contribution in [0, 0.1) is 0 Å². The van der Waals surface area contributed by atoms with Gasteiger partial charge in [0.25, 0.3) is 0 Å². The smallest absolute Gasteiger partial charge is 0.145 e. The molecule has 2 N–H and O–H groups in total. The van der Waals surface area contributed by atoms with E-state index in [2.05, 4.69) is 5.10 Å². The third-order valence-corrected chi connectivity index (χ3v) is 1.91. The highest BCUT2D eigenvalue weighted by molar-refractivity contribution is 5.24. The summed E-state index contributed by atoms with van der Waals surface area (Å²) in [5.74, 6) is 0.580. The fourth-order valence-corrected chi connectivity index (χ4v) is 1.29. The molecule has 60 valence electrons. The van der Waals surface area contributed by atoms with Crippen molar-refractivity contribution in [2.24, 2.45) is 0 Å². The summed E-state index contributed by atoms with van der Waals surface area (Å²) in [6.07, 6.45) is 2.94. The Labute approximate surface area is 64.9 Å². The molecule has 2 rings (SSSR count). The maximum atomic E-state index is 5.47. The van der Waals surface area contributed by atoms with Gasteiger partial charge < -0.3 is 10.5 Å². The largest absolute Gasteiger partial charge is 0.382 e. The predicted octanol–water partition coefficient (Wildman–Crippen LogP) is 0.427. The zero-order valence-electron chi connectivity index (χ0n) is 6.23. The molecule has 0 bridgehead atoms. The Morgan fingerprint density at radius 1 is 1.73 bits per heavy atom. The zero-order chi connectivity index (χ0) is 7.68. The molecule has 0 saturated carbocycles. The van der Waals surface area contributed by atoms with Crippen molar-refractivity contribution < 1.29 is 4.74 Å². The number of ether oxygens (including phenoxy) is 1. The van der Waals surface area contributed by atoms with Gasteiger partial charge in [-0.3, -0.25) is 4.68 Å². The predicted molar refractivity (Wildman–Crippen MR) is 41.1 cm³/mol. The van der Waals surface area contributed by atoms with Crippen LogP contribution in [0.4, 0.5) is 5.82 Å². The van der Waals surface area contributed by atoms with Gasteiger partial charge in [0.1, 0.15) is 5.82 Å². The molecule has 1 aromatic heterocycles. The molecular weight excluding hydrogens is 142 g/mol. The van der Waals surface area contributed by atoms with E-state index in [0.29, 0.717) is 11.9 Å². The number of hydrogen-bond donors (Lipinski definition) is 1. The number of rotatable bonds is 1. The molecule has 4 heteroatoms. The molecule has 0 spiro atoms. The average molecular weight is 153 g/mol. The number of nitrogen functional groups attached to an aromatic ring is 1. The number of nitrogens with zero attached hydrogens (tertiary/aromatic N) is 2. The SMILES string of the molecule is Nc1ccn(C2CCOC2)n1. The molecule has 1 fully saturated rings. The Hall–Kier alpha value is -1.03. The summed E-state index contributed by atoms with van der Waals surface area (Å²) in [7, 11) is 0. The van der Waals surface area contributed by atoms with E-state index < -0.39 is 0 Å². The molecule has 1 aliphatic rings. The first-order valence-electron chi connectivity index (χ1n) is 3.74. The molecule has 1 atom stereocenters. The minimum atomic E-state index is 0.396. The Bertz CT molecular complexity index is 240. The van der Waals surface area contributed by atoms with E-state index in [1.54, 1.807) is 6.07 Å². The molecule has 0 aliphatic carbocycles. The summed E-state index contributed by atoms with van der Waals surface area (Å²) in [6.45, 7) is 1.60. The van der Waals surface area contributed by atoms with Gasteiger partial charge in [-0.05, 0) is 12.5 Å². The number of nitrogens with two attached hydrogens (primary N) is 1. The van der Waals surface area contributed by atoms with Crippen LogP contribution >= 0.6 is 0 Å². The molecule has 1 saturated heterocycles. The first kappa shape index (κ1) is 6.67. The van der Waals surface area contributed by atoms with E-state index in [0.717, 1.165) is 19.6 Å². The van der Waals surface area contributed by atoms with Crippen LogP contribution in [0.5, 0.6) is 0 Å². The number of aromatic nitrogens is 2. The van der Waals surface area contributed by atoms with Crippen LogP contribution < -0.4 is 5.73 Å². The summed E-state index contributed by atoms with van der Waals surface area (Å²) >= 11 is 0.